The van der Waals surface area contributed by atoms with Crippen LogP contribution in [0.15, 0.2) is 27.8 Å². The van der Waals surface area contributed by atoms with Crippen molar-refractivity contribution in [1.82, 2.24) is 0 Å². The van der Waals surface area contributed by atoms with Gasteiger partial charge < -0.3 is 4.90 Å². The minimum atomic E-state index is 0.713. The number of hydrogen-bond acceptors (Lipinski definition) is 2. The lowest BCUT2D eigenvalue weighted by Gasteiger charge is -2.33. The zero-order chi connectivity index (χ0) is 12.3. The molecule has 17 heavy (non-hydrogen) atoms. The minimum absolute atomic E-state index is 0.713. The molecule has 0 spiro atoms. The van der Waals surface area contributed by atoms with Crippen molar-refractivity contribution in [2.24, 2.45) is 11.0 Å². The maximum atomic E-state index is 8.58. The van der Waals surface area contributed by atoms with Gasteiger partial charge in [-0.25, -0.2) is 0 Å². The predicted molar refractivity (Wildman–Crippen MR) is 73.6 cm³/mol. The van der Waals surface area contributed by atoms with Gasteiger partial charge in [0.1, 0.15) is 0 Å². The van der Waals surface area contributed by atoms with E-state index in [9.17, 15) is 0 Å². The van der Waals surface area contributed by atoms with Crippen LogP contribution >= 0.6 is 15.9 Å². The summed E-state index contributed by atoms with van der Waals surface area (Å²) < 4.78 is 1.02. The first kappa shape index (κ1) is 12.3. The van der Waals surface area contributed by atoms with E-state index < -0.39 is 0 Å². The molecule has 2 rings (SSSR count). The number of halogens is 1. The topological polar surface area (TPSA) is 52.0 Å². The minimum Gasteiger partial charge on any atom is -0.371 e. The summed E-state index contributed by atoms with van der Waals surface area (Å²) in [7, 11) is 0. The number of nitrogens with zero attached hydrogens (tertiary/aromatic N) is 4. The van der Waals surface area contributed by atoms with Crippen molar-refractivity contribution in [3.05, 3.63) is 33.1 Å². The van der Waals surface area contributed by atoms with Gasteiger partial charge in [0.15, 0.2) is 0 Å². The normalized spacial score (nSPS) is 16.7. The highest BCUT2D eigenvalue weighted by Gasteiger charge is 2.18. The van der Waals surface area contributed by atoms with Crippen LogP contribution < -0.4 is 4.90 Å². The van der Waals surface area contributed by atoms with Crippen molar-refractivity contribution in [1.29, 1.82) is 0 Å². The molecule has 4 nitrogen and oxygen atoms in total. The van der Waals surface area contributed by atoms with Crippen LogP contribution in [0.2, 0.25) is 0 Å². The van der Waals surface area contributed by atoms with Crippen LogP contribution in [0.5, 0.6) is 0 Å². The summed E-state index contributed by atoms with van der Waals surface area (Å²) in [4.78, 5) is 5.19. The standard InChI is InChI=1S/C12H15BrN4/c1-9-4-6-17(7-5-9)12-8-10(13)2-3-11(12)15-16-14/h2-3,8-9H,4-7H2,1H3. The molecule has 1 saturated heterocycles. The molecular formula is C12H15BrN4. The predicted octanol–water partition coefficient (Wildman–Crippen LogP) is 4.63. The molecule has 0 saturated carbocycles. The second-order valence-electron chi connectivity index (χ2n) is 4.49. The molecule has 0 aliphatic carbocycles. The zero-order valence-corrected chi connectivity index (χ0v) is 11.4. The number of benzene rings is 1. The Morgan fingerprint density at radius 2 is 2.12 bits per heavy atom. The third-order valence-electron chi connectivity index (χ3n) is 3.21. The van der Waals surface area contributed by atoms with E-state index >= 15 is 0 Å². The second-order valence-corrected chi connectivity index (χ2v) is 5.41. The highest BCUT2D eigenvalue weighted by molar-refractivity contribution is 9.10. The lowest BCUT2D eigenvalue weighted by molar-refractivity contribution is 0.438. The molecule has 0 radical (unpaired) electrons. The van der Waals surface area contributed by atoms with Crippen molar-refractivity contribution in [3.63, 3.8) is 0 Å². The summed E-state index contributed by atoms with van der Waals surface area (Å²) >= 11 is 3.46. The molecule has 1 aromatic rings. The fourth-order valence-corrected chi connectivity index (χ4v) is 2.48. The molecule has 1 aliphatic rings. The third-order valence-corrected chi connectivity index (χ3v) is 3.71. The van der Waals surface area contributed by atoms with E-state index in [0.29, 0.717) is 5.69 Å². The van der Waals surface area contributed by atoms with Crippen LogP contribution in [-0.4, -0.2) is 13.1 Å². The molecule has 5 heteroatoms. The van der Waals surface area contributed by atoms with E-state index in [1.54, 1.807) is 0 Å². The van der Waals surface area contributed by atoms with E-state index in [1.165, 1.54) is 12.8 Å². The molecule has 1 heterocycles. The van der Waals surface area contributed by atoms with E-state index in [0.717, 1.165) is 29.2 Å². The molecule has 0 aromatic heterocycles. The molecule has 0 N–H and O–H groups in total. The van der Waals surface area contributed by atoms with Crippen LogP contribution in [0.4, 0.5) is 11.4 Å². The Kier molecular flexibility index (Phi) is 3.92. The quantitative estimate of drug-likeness (QED) is 0.446. The molecule has 1 aliphatic heterocycles. The zero-order valence-electron chi connectivity index (χ0n) is 9.80. The lowest BCUT2D eigenvalue weighted by atomic mass is 9.98. The van der Waals surface area contributed by atoms with Crippen LogP contribution in [0.25, 0.3) is 10.4 Å². The summed E-state index contributed by atoms with van der Waals surface area (Å²) in [5.41, 5.74) is 10.3. The first-order chi connectivity index (χ1) is 8.20. The van der Waals surface area contributed by atoms with Gasteiger partial charge in [-0.15, -0.1) is 0 Å². The van der Waals surface area contributed by atoms with Crippen LogP contribution in [-0.2, 0) is 0 Å². The van der Waals surface area contributed by atoms with E-state index in [4.69, 9.17) is 5.53 Å². The summed E-state index contributed by atoms with van der Waals surface area (Å²) in [5.74, 6) is 0.793. The monoisotopic (exact) mass is 294 g/mol. The van der Waals surface area contributed by atoms with Crippen LogP contribution in [0.1, 0.15) is 19.8 Å². The molecule has 1 fully saturated rings. The van der Waals surface area contributed by atoms with E-state index in [1.807, 2.05) is 18.2 Å². The molecule has 90 valence electrons. The summed E-state index contributed by atoms with van der Waals surface area (Å²) in [6, 6.07) is 5.79. The van der Waals surface area contributed by atoms with Crippen LogP contribution in [0, 0.1) is 5.92 Å². The molecular weight excluding hydrogens is 280 g/mol. The summed E-state index contributed by atoms with van der Waals surface area (Å²) in [5, 5.41) is 3.76. The van der Waals surface area contributed by atoms with E-state index in [2.05, 4.69) is 37.8 Å². The Morgan fingerprint density at radius 3 is 2.76 bits per heavy atom. The molecule has 0 amide bonds. The largest absolute Gasteiger partial charge is 0.371 e. The van der Waals surface area contributed by atoms with Crippen molar-refractivity contribution in [3.8, 4) is 0 Å². The smallest absolute Gasteiger partial charge is 0.0609 e. The van der Waals surface area contributed by atoms with Gasteiger partial charge in [-0.3, -0.25) is 0 Å². The van der Waals surface area contributed by atoms with Gasteiger partial charge in [0, 0.05) is 28.2 Å². The second kappa shape index (κ2) is 5.43. The Labute approximate surface area is 109 Å². The van der Waals surface area contributed by atoms with E-state index in [-0.39, 0.29) is 0 Å². The molecule has 0 bridgehead atoms. The van der Waals surface area contributed by atoms with Crippen LogP contribution in [0.3, 0.4) is 0 Å². The first-order valence-corrected chi connectivity index (χ1v) is 6.59. The number of rotatable bonds is 2. The highest BCUT2D eigenvalue weighted by atomic mass is 79.9. The summed E-state index contributed by atoms with van der Waals surface area (Å²) in [6.45, 7) is 4.35. The Morgan fingerprint density at radius 1 is 1.41 bits per heavy atom. The van der Waals surface area contributed by atoms with Crippen molar-refractivity contribution in [2.75, 3.05) is 18.0 Å². The SMILES string of the molecule is CC1CCN(c2cc(Br)ccc2N=[N+]=[N-])CC1. The Hall–Kier alpha value is -1.19. The van der Waals surface area contributed by atoms with Gasteiger partial charge in [0.25, 0.3) is 0 Å². The van der Waals surface area contributed by atoms with Gasteiger partial charge in [0.05, 0.1) is 5.69 Å². The number of azide groups is 1. The van der Waals surface area contributed by atoms with Gasteiger partial charge >= 0.3 is 0 Å². The molecule has 0 unspecified atom stereocenters. The van der Waals surface area contributed by atoms with Crippen molar-refractivity contribution < 1.29 is 0 Å². The third kappa shape index (κ3) is 2.93. The molecule has 1 aromatic carbocycles. The molecule has 0 atom stereocenters. The first-order valence-electron chi connectivity index (χ1n) is 5.80. The van der Waals surface area contributed by atoms with Crippen molar-refractivity contribution >= 4 is 27.3 Å². The highest BCUT2D eigenvalue weighted by Crippen LogP contribution is 2.34. The fourth-order valence-electron chi connectivity index (χ4n) is 2.13. The number of hydrogen-bond donors (Lipinski definition) is 0. The lowest BCUT2D eigenvalue weighted by Crippen LogP contribution is -2.32. The Bertz CT molecular complexity index is 446. The van der Waals surface area contributed by atoms with Gasteiger partial charge in [-0.05, 0) is 42.5 Å². The average Bonchev–Trinajstić information content (AvgIpc) is 2.33. The number of piperidine rings is 1. The van der Waals surface area contributed by atoms with Gasteiger partial charge in [0.2, 0.25) is 0 Å². The average molecular weight is 295 g/mol. The van der Waals surface area contributed by atoms with Gasteiger partial charge in [-0.2, -0.15) is 0 Å². The fraction of sp³-hybridized carbons (Fsp3) is 0.500. The van der Waals surface area contributed by atoms with Gasteiger partial charge in [-0.1, -0.05) is 28.0 Å². The van der Waals surface area contributed by atoms with Crippen molar-refractivity contribution in [2.45, 2.75) is 19.8 Å². The Balaban J connectivity index is 2.29. The number of anilines is 1. The maximum Gasteiger partial charge on any atom is 0.0609 e. The summed E-state index contributed by atoms with van der Waals surface area (Å²) in [6.07, 6.45) is 2.39. The maximum absolute atomic E-state index is 8.58.